The number of nitrogens with zero attached hydrogens (tertiary/aromatic N) is 1. The molecule has 9 heteroatoms. The highest BCUT2D eigenvalue weighted by molar-refractivity contribution is 6.73. The third kappa shape index (κ3) is 4.57. The Balaban J connectivity index is 2.17. The molecule has 0 bridgehead atoms. The molecule has 0 radical (unpaired) electrons. The lowest BCUT2D eigenvalue weighted by Crippen LogP contribution is -2.61. The van der Waals surface area contributed by atoms with Gasteiger partial charge in [0.1, 0.15) is 0 Å². The van der Waals surface area contributed by atoms with E-state index >= 15 is 0 Å². The van der Waals surface area contributed by atoms with E-state index in [-0.39, 0.29) is 18.1 Å². The molecular weight excluding hydrogens is 460 g/mol. The zero-order valence-electron chi connectivity index (χ0n) is 18.7. The van der Waals surface area contributed by atoms with E-state index < -0.39 is 31.8 Å². The highest BCUT2D eigenvalue weighted by Crippen LogP contribution is 2.55. The van der Waals surface area contributed by atoms with Gasteiger partial charge in [0.2, 0.25) is 0 Å². The van der Waals surface area contributed by atoms with Crippen LogP contribution in [0, 0.1) is 0 Å². The topological polar surface area (TPSA) is 14.2 Å². The van der Waals surface area contributed by atoms with Crippen LogP contribution in [0.2, 0.25) is 18.1 Å². The molecule has 0 saturated heterocycles. The second-order valence-electron chi connectivity index (χ2n) is 8.23. The highest BCUT2D eigenvalue weighted by atomic mass is 28.4. The minimum Gasteiger partial charge on any atom is -0.393 e. The number of hydrogen-bond acceptors (Lipinski definition) is 1. The quantitative estimate of drug-likeness (QED) is 0.232. The van der Waals surface area contributed by atoms with Crippen molar-refractivity contribution >= 4 is 19.2 Å². The van der Waals surface area contributed by atoms with E-state index in [4.69, 9.17) is 4.43 Å². The maximum absolute atomic E-state index is 14.4. The van der Waals surface area contributed by atoms with Crippen LogP contribution in [0.1, 0.15) is 31.9 Å². The third-order valence-electron chi connectivity index (χ3n) is 6.47. The first kappa shape index (κ1) is 25.4. The first-order valence-corrected chi connectivity index (χ1v) is 13.4. The summed E-state index contributed by atoms with van der Waals surface area (Å²) in [4.78, 5) is 0. The SMILES string of the molecule is CC[Si](CC)(CC)OC(c1ccc2c(ccn2Cc2ccccc2)c1)(C(F)(F)F)C(F)(F)F. The summed E-state index contributed by atoms with van der Waals surface area (Å²) < 4.78 is 93.3. The van der Waals surface area contributed by atoms with Gasteiger partial charge in [-0.1, -0.05) is 57.2 Å². The van der Waals surface area contributed by atoms with Gasteiger partial charge in [0, 0.05) is 23.8 Å². The van der Waals surface area contributed by atoms with E-state index in [1.165, 1.54) is 12.1 Å². The second kappa shape index (κ2) is 9.17. The van der Waals surface area contributed by atoms with Crippen LogP contribution >= 0.6 is 0 Å². The molecule has 0 aliphatic carbocycles. The third-order valence-corrected chi connectivity index (χ3v) is 11.1. The summed E-state index contributed by atoms with van der Waals surface area (Å²) >= 11 is 0. The molecule has 0 amide bonds. The molecule has 3 rings (SSSR count). The lowest BCUT2D eigenvalue weighted by atomic mass is 9.91. The van der Waals surface area contributed by atoms with E-state index in [0.717, 1.165) is 17.7 Å². The number of rotatable bonds is 8. The summed E-state index contributed by atoms with van der Waals surface area (Å²) in [7, 11) is -3.31. The Morgan fingerprint density at radius 3 is 1.88 bits per heavy atom. The summed E-state index contributed by atoms with van der Waals surface area (Å²) in [5.41, 5.74) is -3.79. The molecule has 33 heavy (non-hydrogen) atoms. The van der Waals surface area contributed by atoms with E-state index in [0.29, 0.717) is 17.4 Å². The zero-order chi connectivity index (χ0) is 24.5. The molecule has 1 heterocycles. The minimum atomic E-state index is -5.68. The smallest absolute Gasteiger partial charge is 0.393 e. The summed E-state index contributed by atoms with van der Waals surface area (Å²) in [6, 6.07) is 14.6. The monoisotopic (exact) mass is 487 g/mol. The van der Waals surface area contributed by atoms with Crippen LogP contribution in [0.25, 0.3) is 10.9 Å². The Morgan fingerprint density at radius 2 is 1.36 bits per heavy atom. The second-order valence-corrected chi connectivity index (χ2v) is 12.9. The molecule has 2 aromatic carbocycles. The molecular formula is C24H27F6NOSi. The lowest BCUT2D eigenvalue weighted by molar-refractivity contribution is -0.369. The van der Waals surface area contributed by atoms with E-state index in [9.17, 15) is 26.3 Å². The molecule has 0 saturated carbocycles. The number of halogens is 6. The van der Waals surface area contributed by atoms with Crippen molar-refractivity contribution in [3.05, 3.63) is 71.9 Å². The average molecular weight is 488 g/mol. The van der Waals surface area contributed by atoms with Crippen LogP contribution in [0.4, 0.5) is 26.3 Å². The fraction of sp³-hybridized carbons (Fsp3) is 0.417. The van der Waals surface area contributed by atoms with Crippen LogP contribution in [0.3, 0.4) is 0 Å². The summed E-state index contributed by atoms with van der Waals surface area (Å²) in [6.07, 6.45) is -9.69. The fourth-order valence-electron chi connectivity index (χ4n) is 4.29. The van der Waals surface area contributed by atoms with E-state index in [1.807, 2.05) is 30.3 Å². The van der Waals surface area contributed by atoms with Gasteiger partial charge < -0.3 is 8.99 Å². The molecule has 0 aliphatic heterocycles. The predicted molar refractivity (Wildman–Crippen MR) is 120 cm³/mol. The van der Waals surface area contributed by atoms with Crippen LogP contribution in [-0.2, 0) is 16.6 Å². The van der Waals surface area contributed by atoms with Crippen LogP contribution in [-0.4, -0.2) is 25.2 Å². The molecule has 180 valence electrons. The van der Waals surface area contributed by atoms with Gasteiger partial charge in [-0.25, -0.2) is 0 Å². The molecule has 0 N–H and O–H groups in total. The van der Waals surface area contributed by atoms with Crippen molar-refractivity contribution in [2.24, 2.45) is 0 Å². The van der Waals surface area contributed by atoms with Gasteiger partial charge in [-0.05, 0) is 47.3 Å². The average Bonchev–Trinajstić information content (AvgIpc) is 3.16. The van der Waals surface area contributed by atoms with Gasteiger partial charge in [0.25, 0.3) is 5.60 Å². The Hall–Kier alpha value is -2.26. The van der Waals surface area contributed by atoms with Crippen molar-refractivity contribution in [1.82, 2.24) is 4.57 Å². The van der Waals surface area contributed by atoms with Crippen molar-refractivity contribution < 1.29 is 30.8 Å². The Bertz CT molecular complexity index is 1050. The van der Waals surface area contributed by atoms with Gasteiger partial charge >= 0.3 is 12.4 Å². The van der Waals surface area contributed by atoms with Crippen molar-refractivity contribution in [3.8, 4) is 0 Å². The van der Waals surface area contributed by atoms with Crippen LogP contribution < -0.4 is 0 Å². The Labute approximate surface area is 190 Å². The summed E-state index contributed by atoms with van der Waals surface area (Å²) in [5, 5.41) is 0.293. The number of aromatic nitrogens is 1. The molecule has 0 atom stereocenters. The first-order chi connectivity index (χ1) is 15.4. The maximum atomic E-state index is 14.4. The van der Waals surface area contributed by atoms with E-state index in [2.05, 4.69) is 0 Å². The van der Waals surface area contributed by atoms with Gasteiger partial charge in [0.15, 0.2) is 8.32 Å². The highest BCUT2D eigenvalue weighted by Gasteiger charge is 2.74. The predicted octanol–water partition coefficient (Wildman–Crippen LogP) is 8.03. The molecule has 0 aliphatic rings. The number of fused-ring (bicyclic) bond motifs is 1. The van der Waals surface area contributed by atoms with Crippen molar-refractivity contribution in [2.75, 3.05) is 0 Å². The molecule has 0 unspecified atom stereocenters. The van der Waals surface area contributed by atoms with Crippen molar-refractivity contribution in [3.63, 3.8) is 0 Å². The first-order valence-electron chi connectivity index (χ1n) is 10.9. The molecule has 0 spiro atoms. The largest absolute Gasteiger partial charge is 0.429 e. The Morgan fingerprint density at radius 1 is 0.788 bits per heavy atom. The zero-order valence-corrected chi connectivity index (χ0v) is 19.7. The van der Waals surface area contributed by atoms with Gasteiger partial charge in [-0.3, -0.25) is 0 Å². The van der Waals surface area contributed by atoms with Crippen molar-refractivity contribution in [2.45, 2.75) is 63.4 Å². The summed E-state index contributed by atoms with van der Waals surface area (Å²) in [6.45, 7) is 5.25. The van der Waals surface area contributed by atoms with Gasteiger partial charge in [0.05, 0.1) is 0 Å². The molecule has 0 fully saturated rings. The standard InChI is InChI=1S/C24H27F6NOSi/c1-4-33(5-2,6-3)32-22(23(25,26)27,24(28,29)30)20-12-13-21-19(16-20)14-15-31(21)17-18-10-8-7-9-11-18/h7-16H,4-6,17H2,1-3H3. The van der Waals surface area contributed by atoms with Crippen LogP contribution in [0.15, 0.2) is 60.8 Å². The number of hydrogen-bond donors (Lipinski definition) is 0. The molecule has 2 nitrogen and oxygen atoms in total. The number of alkyl halides is 6. The maximum Gasteiger partial charge on any atom is 0.429 e. The molecule has 1 aromatic heterocycles. The lowest BCUT2D eigenvalue weighted by Gasteiger charge is -2.44. The minimum absolute atomic E-state index is 0.156. The summed E-state index contributed by atoms with van der Waals surface area (Å²) in [5.74, 6) is 0. The van der Waals surface area contributed by atoms with Gasteiger partial charge in [-0.15, -0.1) is 0 Å². The fourth-order valence-corrected chi connectivity index (χ4v) is 7.22. The normalized spacial score (nSPS) is 13.6. The van der Waals surface area contributed by atoms with Crippen LogP contribution in [0.5, 0.6) is 0 Å². The number of benzene rings is 2. The molecule has 3 aromatic rings. The van der Waals surface area contributed by atoms with E-state index in [1.54, 1.807) is 31.5 Å². The Kier molecular flexibility index (Phi) is 7.05. The van der Waals surface area contributed by atoms with Crippen molar-refractivity contribution in [1.29, 1.82) is 0 Å². The van der Waals surface area contributed by atoms with Gasteiger partial charge in [-0.2, -0.15) is 26.3 Å².